The second kappa shape index (κ2) is 11.6. The number of carbonyl (C=O) groups is 3. The van der Waals surface area contributed by atoms with E-state index in [0.29, 0.717) is 27.7 Å². The van der Waals surface area contributed by atoms with Gasteiger partial charge in [0.25, 0.3) is 5.91 Å². The van der Waals surface area contributed by atoms with Crippen molar-refractivity contribution in [2.24, 2.45) is 5.10 Å². The number of carbonyl (C=O) groups excluding carboxylic acids is 3. The molecule has 0 radical (unpaired) electrons. The summed E-state index contributed by atoms with van der Waals surface area (Å²) in [5.74, 6) is -1.57. The Labute approximate surface area is 202 Å². The topological polar surface area (TPSA) is 109 Å². The Kier molecular flexibility index (Phi) is 8.37. The number of halogens is 1. The lowest BCUT2D eigenvalue weighted by molar-refractivity contribution is -0.136. The summed E-state index contributed by atoms with van der Waals surface area (Å²) in [5.41, 5.74) is 6.16. The van der Waals surface area contributed by atoms with Crippen LogP contribution in [0.25, 0.3) is 0 Å². The van der Waals surface area contributed by atoms with Gasteiger partial charge < -0.3 is 15.4 Å². The predicted molar refractivity (Wildman–Crippen MR) is 132 cm³/mol. The zero-order valence-corrected chi connectivity index (χ0v) is 19.3. The number of aryl methyl sites for hydroxylation is 2. The number of hydrogen-bond acceptors (Lipinski definition) is 5. The quantitative estimate of drug-likeness (QED) is 0.270. The molecule has 0 bridgehead atoms. The highest BCUT2D eigenvalue weighted by Gasteiger charge is 2.13. The number of ether oxygens (including phenoxy) is 1. The molecular weight excluding hydrogens is 456 g/mol. The third kappa shape index (κ3) is 7.46. The van der Waals surface area contributed by atoms with E-state index in [2.05, 4.69) is 21.2 Å². The van der Waals surface area contributed by atoms with Crippen LogP contribution in [0.4, 0.5) is 11.4 Å². The SMILES string of the molecule is Cc1ccc(NC(=O)COc2ccc(/C=N\NC(=O)C(=O)Nc3cccc(Cl)c3)cc2)cc1C. The molecule has 0 spiro atoms. The van der Waals surface area contributed by atoms with Gasteiger partial charge in [0.2, 0.25) is 0 Å². The molecule has 0 unspecified atom stereocenters. The second-order valence-corrected chi connectivity index (χ2v) is 7.80. The minimum Gasteiger partial charge on any atom is -0.484 e. The second-order valence-electron chi connectivity index (χ2n) is 7.37. The van der Waals surface area contributed by atoms with Crippen molar-refractivity contribution in [1.29, 1.82) is 0 Å². The van der Waals surface area contributed by atoms with Crippen LogP contribution >= 0.6 is 11.6 Å². The van der Waals surface area contributed by atoms with E-state index in [1.807, 2.05) is 32.0 Å². The molecule has 0 aliphatic rings. The van der Waals surface area contributed by atoms with E-state index < -0.39 is 11.8 Å². The summed E-state index contributed by atoms with van der Waals surface area (Å²) in [5, 5.41) is 9.42. The van der Waals surface area contributed by atoms with E-state index in [1.54, 1.807) is 42.5 Å². The van der Waals surface area contributed by atoms with Gasteiger partial charge in [0.05, 0.1) is 6.21 Å². The Hall–Kier alpha value is -4.17. The Balaban J connectivity index is 1.43. The first-order valence-corrected chi connectivity index (χ1v) is 10.7. The lowest BCUT2D eigenvalue weighted by Gasteiger charge is -2.09. The Morgan fingerprint density at radius 3 is 2.32 bits per heavy atom. The van der Waals surface area contributed by atoms with Crippen LogP contribution in [-0.4, -0.2) is 30.5 Å². The summed E-state index contributed by atoms with van der Waals surface area (Å²) in [6, 6.07) is 18.8. The van der Waals surface area contributed by atoms with Crippen molar-refractivity contribution in [3.63, 3.8) is 0 Å². The van der Waals surface area contributed by atoms with E-state index in [9.17, 15) is 14.4 Å². The monoisotopic (exact) mass is 478 g/mol. The molecule has 3 N–H and O–H groups in total. The third-order valence-corrected chi connectivity index (χ3v) is 4.94. The molecule has 174 valence electrons. The molecular formula is C25H23ClN4O4. The third-order valence-electron chi connectivity index (χ3n) is 4.71. The lowest BCUT2D eigenvalue weighted by atomic mass is 10.1. The van der Waals surface area contributed by atoms with Gasteiger partial charge in [-0.25, -0.2) is 5.43 Å². The number of nitrogens with one attached hydrogen (secondary N) is 3. The van der Waals surface area contributed by atoms with E-state index >= 15 is 0 Å². The normalized spacial score (nSPS) is 10.6. The summed E-state index contributed by atoms with van der Waals surface area (Å²) in [6.07, 6.45) is 1.38. The molecule has 8 nitrogen and oxygen atoms in total. The van der Waals surface area contributed by atoms with Crippen LogP contribution in [0.3, 0.4) is 0 Å². The largest absolute Gasteiger partial charge is 0.484 e. The molecule has 0 aliphatic heterocycles. The first kappa shape index (κ1) is 24.5. The zero-order valence-electron chi connectivity index (χ0n) is 18.6. The van der Waals surface area contributed by atoms with Crippen LogP contribution in [0.2, 0.25) is 5.02 Å². The number of hydrazone groups is 1. The van der Waals surface area contributed by atoms with Gasteiger partial charge in [0.1, 0.15) is 5.75 Å². The van der Waals surface area contributed by atoms with E-state index in [4.69, 9.17) is 16.3 Å². The van der Waals surface area contributed by atoms with Crippen LogP contribution in [0, 0.1) is 13.8 Å². The summed E-state index contributed by atoms with van der Waals surface area (Å²) in [7, 11) is 0. The van der Waals surface area contributed by atoms with Crippen molar-refractivity contribution in [2.75, 3.05) is 17.2 Å². The maximum atomic E-state index is 12.1. The molecule has 0 aliphatic carbocycles. The smallest absolute Gasteiger partial charge is 0.329 e. The van der Waals surface area contributed by atoms with Gasteiger partial charge in [0, 0.05) is 16.4 Å². The molecule has 0 aromatic heterocycles. The summed E-state index contributed by atoms with van der Waals surface area (Å²) >= 11 is 5.84. The van der Waals surface area contributed by atoms with Crippen molar-refractivity contribution in [3.05, 3.63) is 88.4 Å². The highest BCUT2D eigenvalue weighted by Crippen LogP contribution is 2.16. The van der Waals surface area contributed by atoms with Gasteiger partial charge in [-0.3, -0.25) is 14.4 Å². The summed E-state index contributed by atoms with van der Waals surface area (Å²) in [4.78, 5) is 35.9. The molecule has 0 saturated heterocycles. The van der Waals surface area contributed by atoms with Crippen LogP contribution in [0.5, 0.6) is 5.75 Å². The van der Waals surface area contributed by atoms with Crippen molar-refractivity contribution in [3.8, 4) is 5.75 Å². The molecule has 3 rings (SSSR count). The fourth-order valence-electron chi connectivity index (χ4n) is 2.79. The van der Waals surface area contributed by atoms with Crippen molar-refractivity contribution < 1.29 is 19.1 Å². The van der Waals surface area contributed by atoms with Crippen molar-refractivity contribution in [2.45, 2.75) is 13.8 Å². The number of benzene rings is 3. The molecule has 3 aromatic carbocycles. The first-order chi connectivity index (χ1) is 16.3. The molecule has 0 atom stereocenters. The van der Waals surface area contributed by atoms with Crippen LogP contribution < -0.4 is 20.8 Å². The van der Waals surface area contributed by atoms with Crippen molar-refractivity contribution in [1.82, 2.24) is 5.43 Å². The zero-order chi connectivity index (χ0) is 24.5. The maximum Gasteiger partial charge on any atom is 0.329 e. The number of anilines is 2. The van der Waals surface area contributed by atoms with E-state index in [0.717, 1.165) is 11.1 Å². The minimum atomic E-state index is -0.925. The molecule has 0 fully saturated rings. The van der Waals surface area contributed by atoms with Crippen LogP contribution in [0.1, 0.15) is 16.7 Å². The fraction of sp³-hybridized carbons (Fsp3) is 0.120. The van der Waals surface area contributed by atoms with E-state index in [1.165, 1.54) is 12.3 Å². The Bertz CT molecular complexity index is 1230. The van der Waals surface area contributed by atoms with Gasteiger partial charge in [-0.2, -0.15) is 5.10 Å². The molecule has 34 heavy (non-hydrogen) atoms. The number of hydrogen-bond donors (Lipinski definition) is 3. The average molecular weight is 479 g/mol. The van der Waals surface area contributed by atoms with Gasteiger partial charge in [0.15, 0.2) is 6.61 Å². The highest BCUT2D eigenvalue weighted by molar-refractivity contribution is 6.39. The van der Waals surface area contributed by atoms with Crippen molar-refractivity contribution >= 4 is 46.9 Å². The number of rotatable bonds is 7. The molecule has 3 amide bonds. The maximum absolute atomic E-state index is 12.1. The van der Waals surface area contributed by atoms with Gasteiger partial charge in [-0.05, 0) is 85.1 Å². The number of amides is 3. The number of nitrogens with zero attached hydrogens (tertiary/aromatic N) is 1. The molecule has 3 aromatic rings. The summed E-state index contributed by atoms with van der Waals surface area (Å²) < 4.78 is 5.50. The first-order valence-electron chi connectivity index (χ1n) is 10.3. The standard InChI is InChI=1S/C25H23ClN4O4/c1-16-6-9-21(12-17(16)2)28-23(31)15-34-22-10-7-18(8-11-22)14-27-30-25(33)24(32)29-20-5-3-4-19(26)13-20/h3-14H,15H2,1-2H3,(H,28,31)(H,29,32)(H,30,33)/b27-14-. The predicted octanol–water partition coefficient (Wildman–Crippen LogP) is 4.06. The lowest BCUT2D eigenvalue weighted by Crippen LogP contribution is -2.32. The van der Waals surface area contributed by atoms with Gasteiger partial charge in [-0.1, -0.05) is 23.7 Å². The summed E-state index contributed by atoms with van der Waals surface area (Å²) in [6.45, 7) is 3.84. The molecule has 9 heteroatoms. The van der Waals surface area contributed by atoms with Crippen LogP contribution in [0.15, 0.2) is 71.8 Å². The average Bonchev–Trinajstić information content (AvgIpc) is 2.81. The molecule has 0 heterocycles. The fourth-order valence-corrected chi connectivity index (χ4v) is 2.98. The highest BCUT2D eigenvalue weighted by atomic mass is 35.5. The minimum absolute atomic E-state index is 0.141. The Morgan fingerprint density at radius 1 is 0.882 bits per heavy atom. The van der Waals surface area contributed by atoms with Crippen LogP contribution in [-0.2, 0) is 14.4 Å². The van der Waals surface area contributed by atoms with E-state index in [-0.39, 0.29) is 12.5 Å². The Morgan fingerprint density at radius 2 is 1.62 bits per heavy atom. The van der Waals surface area contributed by atoms with Gasteiger partial charge in [-0.15, -0.1) is 0 Å². The molecule has 0 saturated carbocycles. The van der Waals surface area contributed by atoms with Gasteiger partial charge >= 0.3 is 11.8 Å².